The third-order valence-electron chi connectivity index (χ3n) is 6.32. The molecule has 2 saturated heterocycles. The van der Waals surface area contributed by atoms with Gasteiger partial charge in [0, 0.05) is 25.7 Å². The van der Waals surface area contributed by atoms with Gasteiger partial charge in [0.2, 0.25) is 5.91 Å². The lowest BCUT2D eigenvalue weighted by Gasteiger charge is -2.41. The largest absolute Gasteiger partial charge is 0.393 e. The summed E-state index contributed by atoms with van der Waals surface area (Å²) < 4.78 is 14.0. The van der Waals surface area contributed by atoms with E-state index in [1.165, 1.54) is 12.3 Å². The second-order valence-corrected chi connectivity index (χ2v) is 8.83. The molecule has 0 aromatic carbocycles. The van der Waals surface area contributed by atoms with Crippen molar-refractivity contribution < 1.29 is 14.3 Å². The van der Waals surface area contributed by atoms with Crippen LogP contribution in [-0.2, 0) is 4.79 Å². The van der Waals surface area contributed by atoms with Crippen LogP contribution in [0.4, 0.5) is 10.2 Å². The summed E-state index contributed by atoms with van der Waals surface area (Å²) in [5.74, 6) is 0.620. The maximum absolute atomic E-state index is 13.4. The molecule has 5 nitrogen and oxygen atoms in total. The minimum atomic E-state index is -0.366. The average molecular weight is 426 g/mol. The molecule has 1 spiro atoms. The molecule has 0 radical (unpaired) electrons. The van der Waals surface area contributed by atoms with Gasteiger partial charge < -0.3 is 14.9 Å². The van der Waals surface area contributed by atoms with E-state index in [4.69, 9.17) is 0 Å². The van der Waals surface area contributed by atoms with Crippen molar-refractivity contribution in [2.45, 2.75) is 57.1 Å². The number of hydrogen-bond donors (Lipinski definition) is 1. The molecule has 26 heavy (non-hydrogen) atoms. The molecule has 1 aromatic heterocycles. The first-order valence-electron chi connectivity index (χ1n) is 9.54. The van der Waals surface area contributed by atoms with Gasteiger partial charge in [-0.05, 0) is 66.9 Å². The van der Waals surface area contributed by atoms with Gasteiger partial charge in [-0.1, -0.05) is 0 Å². The SMILES string of the molecule is O=C1N([C@H]2CC[C@@H](O)CC2)CC[C@]12CCCN(c1ncc(F)cc1Br)C2. The summed E-state index contributed by atoms with van der Waals surface area (Å²) in [7, 11) is 0. The Balaban J connectivity index is 1.50. The number of rotatable bonds is 2. The summed E-state index contributed by atoms with van der Waals surface area (Å²) in [5, 5.41) is 9.74. The van der Waals surface area contributed by atoms with Crippen molar-refractivity contribution in [2.24, 2.45) is 5.41 Å². The Morgan fingerprint density at radius 3 is 2.73 bits per heavy atom. The number of likely N-dealkylation sites (tertiary alicyclic amines) is 1. The van der Waals surface area contributed by atoms with E-state index in [9.17, 15) is 14.3 Å². The van der Waals surface area contributed by atoms with Gasteiger partial charge in [-0.3, -0.25) is 4.79 Å². The maximum atomic E-state index is 13.4. The molecule has 2 aliphatic heterocycles. The van der Waals surface area contributed by atoms with E-state index in [0.717, 1.165) is 63.9 Å². The van der Waals surface area contributed by atoms with Gasteiger partial charge in [0.15, 0.2) is 0 Å². The zero-order chi connectivity index (χ0) is 18.3. The Morgan fingerprint density at radius 2 is 2.00 bits per heavy atom. The van der Waals surface area contributed by atoms with Crippen LogP contribution in [0.15, 0.2) is 16.7 Å². The molecule has 4 rings (SSSR count). The topological polar surface area (TPSA) is 56.7 Å². The number of hydrogen-bond acceptors (Lipinski definition) is 4. The predicted molar refractivity (Wildman–Crippen MR) is 100 cm³/mol. The molecular weight excluding hydrogens is 401 g/mol. The number of amides is 1. The highest BCUT2D eigenvalue weighted by Crippen LogP contribution is 2.44. The Labute approximate surface area is 161 Å². The highest BCUT2D eigenvalue weighted by molar-refractivity contribution is 9.10. The summed E-state index contributed by atoms with van der Waals surface area (Å²) in [4.78, 5) is 21.8. The van der Waals surface area contributed by atoms with Gasteiger partial charge in [0.05, 0.1) is 22.2 Å². The van der Waals surface area contributed by atoms with E-state index < -0.39 is 0 Å². The highest BCUT2D eigenvalue weighted by Gasteiger charge is 2.50. The normalized spacial score (nSPS) is 32.5. The van der Waals surface area contributed by atoms with Crippen LogP contribution >= 0.6 is 15.9 Å². The Kier molecular flexibility index (Phi) is 4.94. The van der Waals surface area contributed by atoms with Crippen LogP contribution < -0.4 is 4.90 Å². The fourth-order valence-corrected chi connectivity index (χ4v) is 5.47. The number of nitrogens with zero attached hydrogens (tertiary/aromatic N) is 3. The number of carbonyl (C=O) groups excluding carboxylic acids is 1. The van der Waals surface area contributed by atoms with Crippen molar-refractivity contribution in [1.82, 2.24) is 9.88 Å². The lowest BCUT2D eigenvalue weighted by Crippen LogP contribution is -2.50. The number of pyridine rings is 1. The van der Waals surface area contributed by atoms with E-state index in [0.29, 0.717) is 11.0 Å². The zero-order valence-electron chi connectivity index (χ0n) is 14.8. The summed E-state index contributed by atoms with van der Waals surface area (Å²) in [6, 6.07) is 1.70. The van der Waals surface area contributed by atoms with Crippen molar-refractivity contribution in [3.8, 4) is 0 Å². The number of aliphatic hydroxyl groups excluding tert-OH is 1. The van der Waals surface area contributed by atoms with Crippen LogP contribution in [-0.4, -0.2) is 52.7 Å². The molecule has 142 valence electrons. The molecular formula is C19H25BrFN3O2. The van der Waals surface area contributed by atoms with Crippen LogP contribution in [0.1, 0.15) is 44.9 Å². The minimum absolute atomic E-state index is 0.204. The van der Waals surface area contributed by atoms with Crippen LogP contribution in [0.5, 0.6) is 0 Å². The molecule has 1 atom stereocenters. The summed E-state index contributed by atoms with van der Waals surface area (Å²) in [6.07, 6.45) is 7.14. The average Bonchev–Trinajstić information content (AvgIpc) is 2.92. The van der Waals surface area contributed by atoms with Gasteiger partial charge >= 0.3 is 0 Å². The van der Waals surface area contributed by atoms with Crippen molar-refractivity contribution in [2.75, 3.05) is 24.5 Å². The van der Waals surface area contributed by atoms with Crippen LogP contribution in [0, 0.1) is 11.2 Å². The molecule has 1 N–H and O–H groups in total. The molecule has 1 saturated carbocycles. The first-order valence-corrected chi connectivity index (χ1v) is 10.3. The van der Waals surface area contributed by atoms with E-state index in [-0.39, 0.29) is 29.3 Å². The number of piperidine rings is 1. The smallest absolute Gasteiger partial charge is 0.230 e. The molecule has 1 aliphatic carbocycles. The van der Waals surface area contributed by atoms with E-state index in [1.807, 2.05) is 0 Å². The lowest BCUT2D eigenvalue weighted by atomic mass is 9.78. The lowest BCUT2D eigenvalue weighted by molar-refractivity contribution is -0.139. The highest BCUT2D eigenvalue weighted by atomic mass is 79.9. The van der Waals surface area contributed by atoms with Crippen LogP contribution in [0.3, 0.4) is 0 Å². The van der Waals surface area contributed by atoms with E-state index in [2.05, 4.69) is 30.7 Å². The Bertz CT molecular complexity index is 695. The third-order valence-corrected chi connectivity index (χ3v) is 6.90. The van der Waals surface area contributed by atoms with E-state index in [1.54, 1.807) is 0 Å². The molecule has 0 unspecified atom stereocenters. The van der Waals surface area contributed by atoms with Gasteiger partial charge in [-0.15, -0.1) is 0 Å². The van der Waals surface area contributed by atoms with Crippen LogP contribution in [0.25, 0.3) is 0 Å². The van der Waals surface area contributed by atoms with Gasteiger partial charge in [-0.2, -0.15) is 0 Å². The summed E-state index contributed by atoms with van der Waals surface area (Å²) in [5.41, 5.74) is -0.343. The standard InChI is InChI=1S/C19H25BrFN3O2/c20-16-10-13(21)11-22-17(16)23-8-1-6-19(12-23)7-9-24(18(19)26)14-2-4-15(25)5-3-14/h10-11,14-15,25H,1-9,12H2/t14-,15+,19-/m0/s1. The first-order chi connectivity index (χ1) is 12.5. The Hall–Kier alpha value is -1.21. The van der Waals surface area contributed by atoms with Crippen molar-refractivity contribution in [3.05, 3.63) is 22.6 Å². The molecule has 0 bridgehead atoms. The fourth-order valence-electron chi connectivity index (χ4n) is 4.90. The van der Waals surface area contributed by atoms with Crippen LogP contribution in [0.2, 0.25) is 0 Å². The molecule has 7 heteroatoms. The monoisotopic (exact) mass is 425 g/mol. The molecule has 3 fully saturated rings. The molecule has 3 aliphatic rings. The maximum Gasteiger partial charge on any atom is 0.230 e. The minimum Gasteiger partial charge on any atom is -0.393 e. The summed E-state index contributed by atoms with van der Waals surface area (Å²) in [6.45, 7) is 2.29. The number of halogens is 2. The number of aromatic nitrogens is 1. The molecule has 1 amide bonds. The van der Waals surface area contributed by atoms with Gasteiger partial charge in [0.25, 0.3) is 0 Å². The van der Waals surface area contributed by atoms with Gasteiger partial charge in [0.1, 0.15) is 11.6 Å². The van der Waals surface area contributed by atoms with Crippen molar-refractivity contribution >= 4 is 27.7 Å². The van der Waals surface area contributed by atoms with Gasteiger partial charge in [-0.25, -0.2) is 9.37 Å². The first kappa shape index (κ1) is 18.2. The summed E-state index contributed by atoms with van der Waals surface area (Å²) >= 11 is 3.41. The number of aliphatic hydroxyl groups is 1. The molecule has 3 heterocycles. The second kappa shape index (κ2) is 7.08. The van der Waals surface area contributed by atoms with E-state index >= 15 is 0 Å². The molecule has 1 aromatic rings. The second-order valence-electron chi connectivity index (χ2n) is 7.98. The van der Waals surface area contributed by atoms with Crippen molar-refractivity contribution in [1.29, 1.82) is 0 Å². The third kappa shape index (κ3) is 3.24. The zero-order valence-corrected chi connectivity index (χ0v) is 16.4. The predicted octanol–water partition coefficient (Wildman–Crippen LogP) is 3.11. The number of anilines is 1. The Morgan fingerprint density at radius 1 is 1.23 bits per heavy atom. The van der Waals surface area contributed by atoms with Crippen molar-refractivity contribution in [3.63, 3.8) is 0 Å². The quantitative estimate of drug-likeness (QED) is 0.790. The fraction of sp³-hybridized carbons (Fsp3) is 0.684. The number of carbonyl (C=O) groups is 1.